The number of carbonyl (C=O) groups excluding carboxylic acids is 1. The normalized spacial score (nSPS) is 17.2. The van der Waals surface area contributed by atoms with Crippen LogP contribution in [0.3, 0.4) is 0 Å². The van der Waals surface area contributed by atoms with Crippen molar-refractivity contribution in [3.63, 3.8) is 0 Å². The van der Waals surface area contributed by atoms with Crippen LogP contribution in [0.1, 0.15) is 12.8 Å². The van der Waals surface area contributed by atoms with E-state index in [1.807, 2.05) is 0 Å². The Morgan fingerprint density at radius 3 is 2.50 bits per heavy atom. The summed E-state index contributed by atoms with van der Waals surface area (Å²) >= 11 is 0. The maximum absolute atomic E-state index is 12.6. The third-order valence-electron chi connectivity index (χ3n) is 3.98. The first-order chi connectivity index (χ1) is 10.8. The monoisotopic (exact) mass is 384 g/mol. The van der Waals surface area contributed by atoms with Gasteiger partial charge in [-0.1, -0.05) is 6.07 Å². The van der Waals surface area contributed by atoms with E-state index in [2.05, 4.69) is 5.32 Å². The van der Waals surface area contributed by atoms with Crippen LogP contribution in [0, 0.1) is 5.41 Å². The zero-order chi connectivity index (χ0) is 17.1. The van der Waals surface area contributed by atoms with Crippen LogP contribution in [-0.2, 0) is 19.4 Å². The molecular weight excluding hydrogens is 366 g/mol. The molecule has 6 nitrogen and oxygen atoms in total. The number of benzene rings is 1. The number of carbonyl (C=O) groups is 1. The van der Waals surface area contributed by atoms with Gasteiger partial charge in [-0.05, 0) is 31.0 Å². The molecule has 1 amide bonds. The lowest BCUT2D eigenvalue weighted by Crippen LogP contribution is -2.46. The number of hydrogen-bond acceptors (Lipinski definition) is 5. The highest BCUT2D eigenvalue weighted by molar-refractivity contribution is 7.91. The highest BCUT2D eigenvalue weighted by atomic mass is 35.5. The van der Waals surface area contributed by atoms with Crippen LogP contribution in [0.15, 0.2) is 29.2 Å². The van der Waals surface area contributed by atoms with Gasteiger partial charge in [0.05, 0.1) is 10.3 Å². The summed E-state index contributed by atoms with van der Waals surface area (Å²) in [7, 11) is -4.71. The average molecular weight is 385 g/mol. The average Bonchev–Trinajstić information content (AvgIpc) is 2.55. The number of hydrogen-bond donors (Lipinski definition) is 2. The van der Waals surface area contributed by atoms with E-state index >= 15 is 0 Å². The van der Waals surface area contributed by atoms with Gasteiger partial charge in [0.2, 0.25) is 15.7 Å². The summed E-state index contributed by atoms with van der Waals surface area (Å²) in [5, 5.41) is 2.57. The number of alkyl halides is 2. The van der Waals surface area contributed by atoms with Gasteiger partial charge in [-0.25, -0.2) is 8.42 Å². The molecule has 1 fully saturated rings. The molecule has 1 heterocycles. The van der Waals surface area contributed by atoms with Crippen LogP contribution in [0.25, 0.3) is 0 Å². The first kappa shape index (κ1) is 20.8. The summed E-state index contributed by atoms with van der Waals surface area (Å²) in [5.74, 6) is -3.88. The molecule has 10 heteroatoms. The summed E-state index contributed by atoms with van der Waals surface area (Å²) in [5.41, 5.74) is 5.06. The smallest absolute Gasteiger partial charge is 0.341 e. The summed E-state index contributed by atoms with van der Waals surface area (Å²) in [6, 6.07) is 4.81. The first-order valence-corrected chi connectivity index (χ1v) is 8.58. The predicted molar refractivity (Wildman–Crippen MR) is 87.0 cm³/mol. The molecular formula is C14H19ClF2N2O4S. The van der Waals surface area contributed by atoms with Crippen LogP contribution < -0.4 is 11.1 Å². The second-order valence-electron chi connectivity index (χ2n) is 5.38. The number of rotatable bonds is 5. The Labute approximate surface area is 145 Å². The number of nitrogens with one attached hydrogen (secondary N) is 1. The van der Waals surface area contributed by atoms with E-state index in [1.165, 1.54) is 12.1 Å². The largest absolute Gasteiger partial charge is 0.381 e. The summed E-state index contributed by atoms with van der Waals surface area (Å²) in [6.45, 7) is 0.937. The van der Waals surface area contributed by atoms with Gasteiger partial charge in [0.1, 0.15) is 0 Å². The number of amides is 1. The molecule has 1 aromatic rings. The zero-order valence-corrected chi connectivity index (χ0v) is 14.3. The van der Waals surface area contributed by atoms with Gasteiger partial charge in [0.15, 0.2) is 0 Å². The van der Waals surface area contributed by atoms with Gasteiger partial charge in [0.25, 0.3) is 0 Å². The maximum Gasteiger partial charge on any atom is 0.341 e. The van der Waals surface area contributed by atoms with Crippen molar-refractivity contribution in [2.24, 2.45) is 11.1 Å². The highest BCUT2D eigenvalue weighted by Crippen LogP contribution is 2.31. The van der Waals surface area contributed by atoms with Crippen LogP contribution >= 0.6 is 12.4 Å². The lowest BCUT2D eigenvalue weighted by molar-refractivity contribution is -0.130. The van der Waals surface area contributed by atoms with E-state index in [9.17, 15) is 22.0 Å². The number of anilines is 1. The lowest BCUT2D eigenvalue weighted by Gasteiger charge is -2.34. The molecule has 0 bridgehead atoms. The minimum atomic E-state index is -4.71. The molecule has 24 heavy (non-hydrogen) atoms. The Bertz CT molecular complexity index is 679. The first-order valence-electron chi connectivity index (χ1n) is 7.03. The molecule has 2 rings (SSSR count). The van der Waals surface area contributed by atoms with Gasteiger partial charge in [-0.3, -0.25) is 4.79 Å². The van der Waals surface area contributed by atoms with E-state index in [0.717, 1.165) is 12.1 Å². The van der Waals surface area contributed by atoms with Crippen molar-refractivity contribution in [3.05, 3.63) is 24.3 Å². The van der Waals surface area contributed by atoms with E-state index in [4.69, 9.17) is 10.5 Å². The van der Waals surface area contributed by atoms with Gasteiger partial charge in [0, 0.05) is 25.4 Å². The SMILES string of the molecule is Cl.NCC1(C(=O)Nc2cccc(S(=O)(=O)C(F)F)c2)CCOCC1. The number of sulfone groups is 1. The third-order valence-corrected chi connectivity index (χ3v) is 5.36. The standard InChI is InChI=1S/C14H18F2N2O4S.ClH/c15-13(16)23(20,21)11-3-1-2-10(8-11)18-12(19)14(9-17)4-6-22-7-5-14;/h1-3,8,13H,4-7,9,17H2,(H,18,19);1H. The quantitative estimate of drug-likeness (QED) is 0.806. The number of halogens is 3. The Kier molecular flexibility index (Phi) is 7.09. The molecule has 0 spiro atoms. The second kappa shape index (κ2) is 8.19. The summed E-state index contributed by atoms with van der Waals surface area (Å²) < 4.78 is 53.4. The molecule has 1 saturated heterocycles. The molecule has 1 aromatic carbocycles. The molecule has 3 N–H and O–H groups in total. The third kappa shape index (κ3) is 4.21. The van der Waals surface area contributed by atoms with Crippen molar-refractivity contribution >= 4 is 33.8 Å². The molecule has 0 saturated carbocycles. The molecule has 1 aliphatic heterocycles. The number of nitrogens with two attached hydrogens (primary N) is 1. The molecule has 0 radical (unpaired) electrons. The van der Waals surface area contributed by atoms with Gasteiger partial charge < -0.3 is 15.8 Å². The molecule has 0 atom stereocenters. The second-order valence-corrected chi connectivity index (χ2v) is 7.30. The minimum Gasteiger partial charge on any atom is -0.381 e. The van der Waals surface area contributed by atoms with Crippen LogP contribution in [0.4, 0.5) is 14.5 Å². The van der Waals surface area contributed by atoms with E-state index in [0.29, 0.717) is 26.1 Å². The Hall–Kier alpha value is -1.29. The molecule has 0 aromatic heterocycles. The fourth-order valence-electron chi connectivity index (χ4n) is 2.40. The summed E-state index contributed by atoms with van der Waals surface area (Å²) in [4.78, 5) is 11.9. The topological polar surface area (TPSA) is 98.5 Å². The molecule has 136 valence electrons. The minimum absolute atomic E-state index is 0. The van der Waals surface area contributed by atoms with Crippen molar-refractivity contribution in [1.82, 2.24) is 0 Å². The van der Waals surface area contributed by atoms with Crippen molar-refractivity contribution in [1.29, 1.82) is 0 Å². The predicted octanol–water partition coefficient (Wildman–Crippen LogP) is 1.80. The number of ether oxygens (including phenoxy) is 1. The molecule has 0 aliphatic carbocycles. The lowest BCUT2D eigenvalue weighted by atomic mass is 9.79. The maximum atomic E-state index is 12.6. The van der Waals surface area contributed by atoms with Crippen molar-refractivity contribution < 1.29 is 26.7 Å². The van der Waals surface area contributed by atoms with Crippen LogP contribution in [0.5, 0.6) is 0 Å². The van der Waals surface area contributed by atoms with Gasteiger partial charge >= 0.3 is 5.76 Å². The van der Waals surface area contributed by atoms with Crippen LogP contribution in [0.2, 0.25) is 0 Å². The fourth-order valence-corrected chi connectivity index (χ4v) is 3.17. The van der Waals surface area contributed by atoms with E-state index in [1.54, 1.807) is 0 Å². The van der Waals surface area contributed by atoms with Crippen molar-refractivity contribution in [3.8, 4) is 0 Å². The summed E-state index contributed by atoms with van der Waals surface area (Å²) in [6.07, 6.45) is 0.898. The van der Waals surface area contributed by atoms with Gasteiger partial charge in [-0.2, -0.15) is 8.78 Å². The molecule has 1 aliphatic rings. The van der Waals surface area contributed by atoms with Gasteiger partial charge in [-0.15, -0.1) is 12.4 Å². The fraction of sp³-hybridized carbons (Fsp3) is 0.500. The Morgan fingerprint density at radius 2 is 1.96 bits per heavy atom. The molecule has 0 unspecified atom stereocenters. The highest BCUT2D eigenvalue weighted by Gasteiger charge is 2.39. The zero-order valence-electron chi connectivity index (χ0n) is 12.7. The van der Waals surface area contributed by atoms with E-state index < -0.39 is 25.9 Å². The Morgan fingerprint density at radius 1 is 1.33 bits per heavy atom. The van der Waals surface area contributed by atoms with Crippen LogP contribution in [-0.4, -0.2) is 39.8 Å². The Balaban J connectivity index is 0.00000288. The van der Waals surface area contributed by atoms with Crippen molar-refractivity contribution in [2.45, 2.75) is 23.5 Å². The van der Waals surface area contributed by atoms with E-state index in [-0.39, 0.29) is 30.5 Å². The van der Waals surface area contributed by atoms with Crippen molar-refractivity contribution in [2.75, 3.05) is 25.1 Å².